The summed E-state index contributed by atoms with van der Waals surface area (Å²) in [5.74, 6) is -1.11. The fourth-order valence-corrected chi connectivity index (χ4v) is 5.96. The van der Waals surface area contributed by atoms with Crippen molar-refractivity contribution in [3.63, 3.8) is 0 Å². The van der Waals surface area contributed by atoms with Crippen LogP contribution in [-0.4, -0.2) is 66.6 Å². The van der Waals surface area contributed by atoms with Crippen LogP contribution in [0.15, 0.2) is 84.9 Å². The third kappa shape index (κ3) is 10.6. The molecule has 0 fully saturated rings. The molecule has 0 aliphatic heterocycles. The molecule has 0 atom stereocenters. The Morgan fingerprint density at radius 2 is 1.06 bits per heavy atom. The quantitative estimate of drug-likeness (QED) is 0.119. The Balaban J connectivity index is 1.64. The van der Waals surface area contributed by atoms with E-state index >= 15 is 0 Å². The van der Waals surface area contributed by atoms with Gasteiger partial charge in [0.2, 0.25) is 20.0 Å². The summed E-state index contributed by atoms with van der Waals surface area (Å²) in [7, 11) is -6.00. The van der Waals surface area contributed by atoms with Crippen molar-refractivity contribution in [2.45, 2.75) is 19.3 Å². The Morgan fingerprint density at radius 3 is 1.44 bits per heavy atom. The van der Waals surface area contributed by atoms with Crippen LogP contribution in [0, 0.1) is 0 Å². The Kier molecular flexibility index (Phi) is 11.9. The number of carbonyl (C=O) groups excluding carboxylic acids is 2. The summed E-state index contributed by atoms with van der Waals surface area (Å²) in [5.41, 5.74) is 4.03. The maximum atomic E-state index is 13.3. The van der Waals surface area contributed by atoms with Crippen molar-refractivity contribution in [2.24, 2.45) is 0 Å². The van der Waals surface area contributed by atoms with Gasteiger partial charge in [0.05, 0.1) is 41.6 Å². The van der Waals surface area contributed by atoms with E-state index in [1.54, 1.807) is 43.5 Å². The summed E-state index contributed by atoms with van der Waals surface area (Å²) in [5, 5.41) is 14.6. The maximum Gasteiger partial charge on any atom is 0.257 e. The van der Waals surface area contributed by atoms with Crippen LogP contribution < -0.4 is 20.1 Å². The Bertz CT molecular complexity index is 1840. The molecule has 14 heteroatoms. The van der Waals surface area contributed by atoms with Gasteiger partial charge in [0.1, 0.15) is 0 Å². The maximum absolute atomic E-state index is 13.3. The van der Waals surface area contributed by atoms with Crippen LogP contribution in [-0.2, 0) is 37.6 Å². The minimum atomic E-state index is -3.81. The summed E-state index contributed by atoms with van der Waals surface area (Å²) in [6.07, 6.45) is 3.93. The monoisotopic (exact) mass is 694 g/mol. The van der Waals surface area contributed by atoms with Crippen LogP contribution in [0.2, 0.25) is 0 Å². The van der Waals surface area contributed by atoms with E-state index in [0.717, 1.165) is 23.6 Å². The number of nitrogens with one attached hydrogen (secondary N) is 4. The number of rotatable bonds is 15. The molecule has 0 spiro atoms. The smallest absolute Gasteiger partial charge is 0.257 e. The van der Waals surface area contributed by atoms with Gasteiger partial charge in [-0.15, -0.1) is 0 Å². The van der Waals surface area contributed by atoms with Gasteiger partial charge in [-0.2, -0.15) is 0 Å². The second-order valence-electron chi connectivity index (χ2n) is 11.1. The molecule has 5 N–H and O–H groups in total. The van der Waals surface area contributed by atoms with Gasteiger partial charge < -0.3 is 20.5 Å². The lowest BCUT2D eigenvalue weighted by atomic mass is 9.99. The third-order valence-electron chi connectivity index (χ3n) is 7.09. The number of aliphatic hydroxyl groups is 1. The Labute approximate surface area is 280 Å². The number of hydrogen-bond donors (Lipinski definition) is 5. The summed E-state index contributed by atoms with van der Waals surface area (Å²) in [4.78, 5) is 26.5. The van der Waals surface area contributed by atoms with Crippen molar-refractivity contribution in [3.05, 3.63) is 107 Å². The standard InChI is InChI=1S/C34H38N4O8S2/c1-46-20-18-24-8-14-28(15-9-24)36-34(41)30-17-11-26(22-32(30)38-48(3,44)45)25-10-16-29(31(21-25)37-47(2,42)43)33(40)35-27-12-6-23(7-13-27)5-4-19-39/h6-17,21-22,37-39H,4-5,18-20H2,1-3H3,(H,35,40)(H,36,41). The molecular formula is C34H38N4O8S2. The number of amides is 2. The van der Waals surface area contributed by atoms with Crippen LogP contribution in [0.3, 0.4) is 0 Å². The van der Waals surface area contributed by atoms with Crippen LogP contribution in [0.25, 0.3) is 11.1 Å². The largest absolute Gasteiger partial charge is 0.396 e. The number of aryl methyl sites for hydroxylation is 1. The number of ether oxygens (including phenoxy) is 1. The van der Waals surface area contributed by atoms with Gasteiger partial charge >= 0.3 is 0 Å². The second kappa shape index (κ2) is 15.9. The van der Waals surface area contributed by atoms with E-state index in [4.69, 9.17) is 9.84 Å². The topological polar surface area (TPSA) is 180 Å². The molecule has 0 saturated heterocycles. The van der Waals surface area contributed by atoms with Crippen molar-refractivity contribution in [3.8, 4) is 11.1 Å². The zero-order chi connectivity index (χ0) is 34.9. The lowest BCUT2D eigenvalue weighted by molar-refractivity contribution is 0.101. The highest BCUT2D eigenvalue weighted by Crippen LogP contribution is 2.31. The summed E-state index contributed by atoms with van der Waals surface area (Å²) >= 11 is 0. The molecule has 12 nitrogen and oxygen atoms in total. The first kappa shape index (κ1) is 36.1. The SMILES string of the molecule is COCCc1ccc(NC(=O)c2ccc(-c3ccc(C(=O)Nc4ccc(CCCO)cc4)c(NS(C)(=O)=O)c3)cc2NS(C)(=O)=O)cc1. The molecule has 0 bridgehead atoms. The van der Waals surface area contributed by atoms with Gasteiger partial charge in [0, 0.05) is 25.1 Å². The van der Waals surface area contributed by atoms with E-state index in [9.17, 15) is 26.4 Å². The zero-order valence-corrected chi connectivity index (χ0v) is 28.4. The first-order valence-electron chi connectivity index (χ1n) is 14.9. The average Bonchev–Trinajstić information content (AvgIpc) is 3.02. The molecule has 0 radical (unpaired) electrons. The molecule has 0 saturated carbocycles. The Morgan fingerprint density at radius 1 is 0.646 bits per heavy atom. The second-order valence-corrected chi connectivity index (χ2v) is 14.6. The van der Waals surface area contributed by atoms with E-state index in [2.05, 4.69) is 20.1 Å². The highest BCUT2D eigenvalue weighted by Gasteiger charge is 2.19. The van der Waals surface area contributed by atoms with Gasteiger partial charge in [-0.3, -0.25) is 19.0 Å². The van der Waals surface area contributed by atoms with Crippen molar-refractivity contribution >= 4 is 54.6 Å². The fourth-order valence-electron chi connectivity index (χ4n) is 4.82. The van der Waals surface area contributed by atoms with Gasteiger partial charge in [0.15, 0.2) is 0 Å². The third-order valence-corrected chi connectivity index (χ3v) is 8.28. The average molecular weight is 695 g/mol. The van der Waals surface area contributed by atoms with Crippen LogP contribution in [0.5, 0.6) is 0 Å². The molecule has 4 rings (SSSR count). The molecule has 2 amide bonds. The predicted octanol–water partition coefficient (Wildman–Crippen LogP) is 4.72. The van der Waals surface area contributed by atoms with Crippen molar-refractivity contribution in [2.75, 3.05) is 52.9 Å². The van der Waals surface area contributed by atoms with E-state index in [-0.39, 0.29) is 29.1 Å². The van der Waals surface area contributed by atoms with Gasteiger partial charge in [-0.05, 0) is 90.0 Å². The zero-order valence-electron chi connectivity index (χ0n) is 26.7. The molecule has 0 heterocycles. The lowest BCUT2D eigenvalue weighted by Crippen LogP contribution is -2.18. The molecule has 4 aromatic carbocycles. The first-order valence-corrected chi connectivity index (χ1v) is 18.7. The molecule has 48 heavy (non-hydrogen) atoms. The first-order chi connectivity index (χ1) is 22.7. The van der Waals surface area contributed by atoms with E-state index in [1.165, 1.54) is 24.3 Å². The number of methoxy groups -OCH3 is 1. The molecule has 0 aromatic heterocycles. The van der Waals surface area contributed by atoms with Gasteiger partial charge in [0.25, 0.3) is 11.8 Å². The number of benzene rings is 4. The Hall–Kier alpha value is -4.76. The van der Waals surface area contributed by atoms with Crippen LogP contribution >= 0.6 is 0 Å². The fraction of sp³-hybridized carbons (Fsp3) is 0.235. The van der Waals surface area contributed by atoms with E-state index in [1.807, 2.05) is 24.3 Å². The molecular weight excluding hydrogens is 657 g/mol. The van der Waals surface area contributed by atoms with Crippen molar-refractivity contribution in [1.29, 1.82) is 0 Å². The minimum Gasteiger partial charge on any atom is -0.396 e. The van der Waals surface area contributed by atoms with Crippen molar-refractivity contribution in [1.82, 2.24) is 0 Å². The number of sulfonamides is 2. The van der Waals surface area contributed by atoms with Gasteiger partial charge in [-0.1, -0.05) is 36.4 Å². The van der Waals surface area contributed by atoms with E-state index in [0.29, 0.717) is 48.4 Å². The molecule has 0 unspecified atom stereocenters. The molecule has 4 aromatic rings. The normalized spacial score (nSPS) is 11.5. The van der Waals surface area contributed by atoms with Crippen molar-refractivity contribution < 1.29 is 36.3 Å². The number of anilines is 4. The van der Waals surface area contributed by atoms with E-state index < -0.39 is 31.9 Å². The van der Waals surface area contributed by atoms with Crippen LogP contribution in [0.1, 0.15) is 38.3 Å². The summed E-state index contributed by atoms with van der Waals surface area (Å²) in [6, 6.07) is 23.3. The highest BCUT2D eigenvalue weighted by atomic mass is 32.2. The predicted molar refractivity (Wildman–Crippen MR) is 189 cm³/mol. The number of carbonyl (C=O) groups is 2. The summed E-state index contributed by atoms with van der Waals surface area (Å²) in [6.45, 7) is 0.632. The van der Waals surface area contributed by atoms with Crippen LogP contribution in [0.4, 0.5) is 22.7 Å². The van der Waals surface area contributed by atoms with Gasteiger partial charge in [-0.25, -0.2) is 16.8 Å². The summed E-state index contributed by atoms with van der Waals surface area (Å²) < 4.78 is 58.9. The molecule has 254 valence electrons. The highest BCUT2D eigenvalue weighted by molar-refractivity contribution is 7.92. The lowest BCUT2D eigenvalue weighted by Gasteiger charge is -2.16. The number of hydrogen-bond acceptors (Lipinski definition) is 8. The number of aliphatic hydroxyl groups excluding tert-OH is 1. The molecule has 0 aliphatic carbocycles. The molecule has 0 aliphatic rings. The minimum absolute atomic E-state index is 0.000420.